The van der Waals surface area contributed by atoms with Gasteiger partial charge in [0.2, 0.25) is 0 Å². The Bertz CT molecular complexity index is 549. The fraction of sp³-hybridized carbons (Fsp3) is 0.143. The maximum atomic E-state index is 11.1. The van der Waals surface area contributed by atoms with Crippen LogP contribution >= 0.6 is 0 Å². The Hall–Kier alpha value is -2.36. The summed E-state index contributed by atoms with van der Waals surface area (Å²) in [5.74, 6) is -0.0881. The highest BCUT2D eigenvalue weighted by atomic mass is 16.5. The molecular formula is C14H13NO3. The maximum Gasteiger partial charge on any atom is 0.310 e. The first-order valence-corrected chi connectivity index (χ1v) is 5.50. The summed E-state index contributed by atoms with van der Waals surface area (Å²) in [5, 5.41) is 9.39. The molecule has 0 saturated heterocycles. The number of phenols is 1. The van der Waals surface area contributed by atoms with E-state index in [1.165, 1.54) is 7.11 Å². The zero-order chi connectivity index (χ0) is 13.0. The predicted molar refractivity (Wildman–Crippen MR) is 67.1 cm³/mol. The number of hydrogen-bond acceptors (Lipinski definition) is 4. The summed E-state index contributed by atoms with van der Waals surface area (Å²) in [4.78, 5) is 15.4. The molecule has 1 aromatic heterocycles. The lowest BCUT2D eigenvalue weighted by Crippen LogP contribution is -2.04. The number of phenolic OH excluding ortho intramolecular Hbond substituents is 1. The van der Waals surface area contributed by atoms with Gasteiger partial charge in [0.25, 0.3) is 0 Å². The van der Waals surface area contributed by atoms with Gasteiger partial charge in [-0.1, -0.05) is 18.2 Å². The average molecular weight is 243 g/mol. The smallest absolute Gasteiger partial charge is 0.310 e. The topological polar surface area (TPSA) is 59.4 Å². The molecule has 0 amide bonds. The van der Waals surface area contributed by atoms with E-state index in [1.54, 1.807) is 24.4 Å². The van der Waals surface area contributed by atoms with Crippen LogP contribution in [0.25, 0.3) is 11.3 Å². The third-order valence-corrected chi connectivity index (χ3v) is 2.54. The minimum absolute atomic E-state index is 0.202. The lowest BCUT2D eigenvalue weighted by Gasteiger charge is -2.03. The molecule has 0 aliphatic carbocycles. The number of hydrogen-bond donors (Lipinski definition) is 1. The quantitative estimate of drug-likeness (QED) is 0.839. The van der Waals surface area contributed by atoms with Gasteiger partial charge in [0.1, 0.15) is 5.75 Å². The Labute approximate surface area is 105 Å². The molecule has 0 spiro atoms. The molecular weight excluding hydrogens is 230 g/mol. The van der Waals surface area contributed by atoms with Gasteiger partial charge in [-0.2, -0.15) is 0 Å². The minimum Gasteiger partial charge on any atom is -0.508 e. The van der Waals surface area contributed by atoms with E-state index in [2.05, 4.69) is 9.72 Å². The van der Waals surface area contributed by atoms with Crippen LogP contribution in [0.15, 0.2) is 42.6 Å². The van der Waals surface area contributed by atoms with E-state index < -0.39 is 0 Å². The number of aromatic nitrogens is 1. The van der Waals surface area contributed by atoms with Gasteiger partial charge in [-0.25, -0.2) is 0 Å². The van der Waals surface area contributed by atoms with E-state index in [-0.39, 0.29) is 18.1 Å². The summed E-state index contributed by atoms with van der Waals surface area (Å²) in [6.07, 6.45) is 1.85. The van der Waals surface area contributed by atoms with Gasteiger partial charge >= 0.3 is 5.97 Å². The maximum absolute atomic E-state index is 11.1. The van der Waals surface area contributed by atoms with Crippen LogP contribution < -0.4 is 0 Å². The van der Waals surface area contributed by atoms with Crippen LogP contribution in [-0.2, 0) is 16.0 Å². The summed E-state index contributed by atoms with van der Waals surface area (Å²) in [7, 11) is 1.36. The van der Waals surface area contributed by atoms with Gasteiger partial charge < -0.3 is 9.84 Å². The Balaban J connectivity index is 2.19. The Morgan fingerprint density at radius 2 is 2.17 bits per heavy atom. The van der Waals surface area contributed by atoms with Crippen molar-refractivity contribution >= 4 is 5.97 Å². The van der Waals surface area contributed by atoms with Crippen molar-refractivity contribution in [2.75, 3.05) is 7.11 Å². The summed E-state index contributed by atoms with van der Waals surface area (Å²) < 4.78 is 4.58. The van der Waals surface area contributed by atoms with Crippen molar-refractivity contribution in [2.24, 2.45) is 0 Å². The molecule has 0 radical (unpaired) electrons. The van der Waals surface area contributed by atoms with Crippen LogP contribution in [0.4, 0.5) is 0 Å². The fourth-order valence-electron chi connectivity index (χ4n) is 1.60. The van der Waals surface area contributed by atoms with Crippen LogP contribution in [0.2, 0.25) is 0 Å². The molecule has 4 heteroatoms. The van der Waals surface area contributed by atoms with E-state index in [9.17, 15) is 9.90 Å². The lowest BCUT2D eigenvalue weighted by molar-refractivity contribution is -0.139. The largest absolute Gasteiger partial charge is 0.508 e. The number of aromatic hydroxyl groups is 1. The SMILES string of the molecule is COC(=O)Cc1ccc(-c2cccc(O)c2)nc1. The first-order chi connectivity index (χ1) is 8.69. The zero-order valence-corrected chi connectivity index (χ0v) is 9.96. The molecule has 1 aromatic carbocycles. The van der Waals surface area contributed by atoms with Gasteiger partial charge in [-0.05, 0) is 23.8 Å². The molecule has 0 aliphatic rings. The van der Waals surface area contributed by atoms with Gasteiger partial charge in [0.05, 0.1) is 19.2 Å². The molecule has 0 bridgehead atoms. The monoisotopic (exact) mass is 243 g/mol. The molecule has 0 fully saturated rings. The van der Waals surface area contributed by atoms with E-state index in [4.69, 9.17) is 0 Å². The predicted octanol–water partition coefficient (Wildman–Crippen LogP) is 2.17. The van der Waals surface area contributed by atoms with Crippen LogP contribution in [0.1, 0.15) is 5.56 Å². The first-order valence-electron chi connectivity index (χ1n) is 5.50. The first kappa shape index (κ1) is 12.1. The molecule has 1 heterocycles. The molecule has 0 unspecified atom stereocenters. The number of methoxy groups -OCH3 is 1. The van der Waals surface area contributed by atoms with Crippen molar-refractivity contribution in [1.29, 1.82) is 0 Å². The van der Waals surface area contributed by atoms with E-state index in [1.807, 2.05) is 18.2 Å². The number of rotatable bonds is 3. The van der Waals surface area contributed by atoms with Crippen molar-refractivity contribution in [3.05, 3.63) is 48.2 Å². The number of esters is 1. The molecule has 0 aliphatic heterocycles. The second-order valence-corrected chi connectivity index (χ2v) is 3.85. The summed E-state index contributed by atoms with van der Waals surface area (Å²) in [6.45, 7) is 0. The molecule has 1 N–H and O–H groups in total. The van der Waals surface area contributed by atoms with Gasteiger partial charge in [0, 0.05) is 11.8 Å². The van der Waals surface area contributed by atoms with Crippen LogP contribution in [-0.4, -0.2) is 23.2 Å². The Morgan fingerprint density at radius 3 is 2.78 bits per heavy atom. The second kappa shape index (κ2) is 5.31. The van der Waals surface area contributed by atoms with E-state index >= 15 is 0 Å². The summed E-state index contributed by atoms with van der Waals surface area (Å²) in [5.41, 5.74) is 2.38. The number of pyridine rings is 1. The lowest BCUT2D eigenvalue weighted by atomic mass is 10.1. The third kappa shape index (κ3) is 2.85. The van der Waals surface area contributed by atoms with Gasteiger partial charge in [0.15, 0.2) is 0 Å². The van der Waals surface area contributed by atoms with Crippen molar-refractivity contribution in [2.45, 2.75) is 6.42 Å². The molecule has 92 valence electrons. The highest BCUT2D eigenvalue weighted by Crippen LogP contribution is 2.21. The fourth-order valence-corrected chi connectivity index (χ4v) is 1.60. The summed E-state index contributed by atoms with van der Waals surface area (Å²) in [6, 6.07) is 10.5. The highest BCUT2D eigenvalue weighted by Gasteiger charge is 2.04. The number of carbonyl (C=O) groups is 1. The Kier molecular flexibility index (Phi) is 3.57. The Morgan fingerprint density at radius 1 is 1.33 bits per heavy atom. The molecule has 2 rings (SSSR count). The second-order valence-electron chi connectivity index (χ2n) is 3.85. The van der Waals surface area contributed by atoms with Crippen LogP contribution in [0.5, 0.6) is 5.75 Å². The van der Waals surface area contributed by atoms with Crippen molar-refractivity contribution < 1.29 is 14.6 Å². The van der Waals surface area contributed by atoms with E-state index in [0.717, 1.165) is 16.8 Å². The normalized spacial score (nSPS) is 10.1. The zero-order valence-electron chi connectivity index (χ0n) is 9.96. The van der Waals surface area contributed by atoms with Crippen LogP contribution in [0, 0.1) is 0 Å². The number of ether oxygens (including phenoxy) is 1. The van der Waals surface area contributed by atoms with Crippen molar-refractivity contribution in [3.63, 3.8) is 0 Å². The van der Waals surface area contributed by atoms with Crippen molar-refractivity contribution in [3.8, 4) is 17.0 Å². The third-order valence-electron chi connectivity index (χ3n) is 2.54. The van der Waals surface area contributed by atoms with Crippen molar-refractivity contribution in [1.82, 2.24) is 4.98 Å². The van der Waals surface area contributed by atoms with Crippen LogP contribution in [0.3, 0.4) is 0 Å². The van der Waals surface area contributed by atoms with E-state index in [0.29, 0.717) is 0 Å². The van der Waals surface area contributed by atoms with Gasteiger partial charge in [-0.3, -0.25) is 9.78 Å². The molecule has 0 saturated carbocycles. The highest BCUT2D eigenvalue weighted by molar-refractivity contribution is 5.72. The minimum atomic E-state index is -0.290. The number of benzene rings is 1. The molecule has 18 heavy (non-hydrogen) atoms. The summed E-state index contributed by atoms with van der Waals surface area (Å²) >= 11 is 0. The molecule has 0 atom stereocenters. The molecule has 2 aromatic rings. The standard InChI is InChI=1S/C14H13NO3/c1-18-14(17)7-10-5-6-13(15-9-10)11-3-2-4-12(16)8-11/h2-6,8-9,16H,7H2,1H3. The average Bonchev–Trinajstić information content (AvgIpc) is 2.39. The number of nitrogens with zero attached hydrogens (tertiary/aromatic N) is 1. The number of carbonyl (C=O) groups excluding carboxylic acids is 1. The van der Waals surface area contributed by atoms with Gasteiger partial charge in [-0.15, -0.1) is 0 Å². The molecule has 4 nitrogen and oxygen atoms in total.